The number of benzene rings is 1. The summed E-state index contributed by atoms with van der Waals surface area (Å²) in [5.74, 6) is 0.953. The van der Waals surface area contributed by atoms with E-state index in [9.17, 15) is 4.39 Å². The van der Waals surface area contributed by atoms with Gasteiger partial charge in [-0.3, -0.25) is 0 Å². The lowest BCUT2D eigenvalue weighted by molar-refractivity contribution is 0.303. The first-order valence-corrected chi connectivity index (χ1v) is 6.96. The fraction of sp³-hybridized carbons (Fsp3) is 0.625. The molecule has 0 saturated carbocycles. The van der Waals surface area contributed by atoms with Gasteiger partial charge >= 0.3 is 0 Å². The van der Waals surface area contributed by atoms with Crippen LogP contribution in [0.5, 0.6) is 0 Å². The van der Waals surface area contributed by atoms with Gasteiger partial charge in [0.2, 0.25) is 0 Å². The lowest BCUT2D eigenvalue weighted by atomic mass is 9.85. The fourth-order valence-corrected chi connectivity index (χ4v) is 2.09. The summed E-state index contributed by atoms with van der Waals surface area (Å²) in [5, 5.41) is 3.55. The minimum atomic E-state index is -0.105. The molecule has 0 amide bonds. The monoisotopic (exact) mass is 251 g/mol. The van der Waals surface area contributed by atoms with Gasteiger partial charge in [0.05, 0.1) is 0 Å². The molecule has 1 N–H and O–H groups in total. The molecule has 18 heavy (non-hydrogen) atoms. The first kappa shape index (κ1) is 15.2. The van der Waals surface area contributed by atoms with Gasteiger partial charge in [0.25, 0.3) is 0 Å². The van der Waals surface area contributed by atoms with Crippen molar-refractivity contribution in [3.63, 3.8) is 0 Å². The lowest BCUT2D eigenvalue weighted by Gasteiger charge is -2.28. The van der Waals surface area contributed by atoms with Crippen molar-refractivity contribution in [2.45, 2.75) is 47.1 Å². The van der Waals surface area contributed by atoms with Gasteiger partial charge in [-0.1, -0.05) is 39.8 Å². The van der Waals surface area contributed by atoms with Crippen molar-refractivity contribution in [3.8, 4) is 0 Å². The van der Waals surface area contributed by atoms with Gasteiger partial charge in [-0.15, -0.1) is 0 Å². The molecule has 2 unspecified atom stereocenters. The molecule has 2 heteroatoms. The van der Waals surface area contributed by atoms with Crippen molar-refractivity contribution in [1.29, 1.82) is 0 Å². The molecule has 1 rings (SSSR count). The first-order chi connectivity index (χ1) is 8.47. The summed E-state index contributed by atoms with van der Waals surface area (Å²) in [5.41, 5.74) is 1.78. The third-order valence-corrected chi connectivity index (χ3v) is 3.75. The molecule has 1 aromatic carbocycles. The Bertz CT molecular complexity index is 373. The number of hydrogen-bond donors (Lipinski definition) is 1. The van der Waals surface area contributed by atoms with E-state index in [0.29, 0.717) is 17.4 Å². The van der Waals surface area contributed by atoms with E-state index in [1.54, 1.807) is 13.0 Å². The van der Waals surface area contributed by atoms with Crippen molar-refractivity contribution < 1.29 is 4.39 Å². The van der Waals surface area contributed by atoms with Gasteiger partial charge in [-0.25, -0.2) is 4.39 Å². The molecule has 0 aliphatic rings. The third kappa shape index (κ3) is 3.81. The number of halogens is 1. The number of rotatable bonds is 6. The third-order valence-electron chi connectivity index (χ3n) is 3.75. The normalized spacial score (nSPS) is 14.8. The van der Waals surface area contributed by atoms with Crippen LogP contribution in [0.4, 0.5) is 4.39 Å². The highest BCUT2D eigenvalue weighted by atomic mass is 19.1. The van der Waals surface area contributed by atoms with E-state index < -0.39 is 0 Å². The molecule has 0 bridgehead atoms. The second-order valence-electron chi connectivity index (χ2n) is 5.54. The van der Waals surface area contributed by atoms with Crippen molar-refractivity contribution in [2.24, 2.45) is 11.8 Å². The van der Waals surface area contributed by atoms with Crippen molar-refractivity contribution in [1.82, 2.24) is 5.32 Å². The Labute approximate surface area is 111 Å². The maximum Gasteiger partial charge on any atom is 0.126 e. The smallest absolute Gasteiger partial charge is 0.126 e. The fourth-order valence-electron chi connectivity index (χ4n) is 2.09. The zero-order valence-corrected chi connectivity index (χ0v) is 12.3. The van der Waals surface area contributed by atoms with Crippen LogP contribution in [0.3, 0.4) is 0 Å². The average Bonchev–Trinajstić information content (AvgIpc) is 2.33. The summed E-state index contributed by atoms with van der Waals surface area (Å²) >= 11 is 0. The quantitative estimate of drug-likeness (QED) is 0.786. The molecule has 0 saturated heterocycles. The molecule has 1 aromatic rings. The zero-order valence-electron chi connectivity index (χ0n) is 12.3. The highest BCUT2D eigenvalue weighted by Gasteiger charge is 2.21. The first-order valence-electron chi connectivity index (χ1n) is 6.96. The summed E-state index contributed by atoms with van der Waals surface area (Å²) in [6.07, 6.45) is 1.09. The number of hydrogen-bond acceptors (Lipinski definition) is 1. The van der Waals surface area contributed by atoms with E-state index in [4.69, 9.17) is 0 Å². The molecule has 0 aromatic heterocycles. The number of aryl methyl sites for hydroxylation is 1. The van der Waals surface area contributed by atoms with Crippen LogP contribution in [0, 0.1) is 24.6 Å². The SMILES string of the molecule is CCCNC(c1ccc(C)c(F)c1)C(C)C(C)C. The van der Waals surface area contributed by atoms with Gasteiger partial charge in [0.1, 0.15) is 5.82 Å². The molecular weight excluding hydrogens is 225 g/mol. The van der Waals surface area contributed by atoms with Crippen LogP contribution in [-0.2, 0) is 0 Å². The summed E-state index contributed by atoms with van der Waals surface area (Å²) in [6, 6.07) is 5.84. The molecule has 1 nitrogen and oxygen atoms in total. The van der Waals surface area contributed by atoms with E-state index in [-0.39, 0.29) is 11.9 Å². The minimum Gasteiger partial charge on any atom is -0.310 e. The van der Waals surface area contributed by atoms with Crippen LogP contribution in [0.25, 0.3) is 0 Å². The van der Waals surface area contributed by atoms with Gasteiger partial charge in [0, 0.05) is 6.04 Å². The molecule has 0 radical (unpaired) electrons. The van der Waals surface area contributed by atoms with Crippen LogP contribution in [0.2, 0.25) is 0 Å². The summed E-state index contributed by atoms with van der Waals surface area (Å²) in [4.78, 5) is 0. The second kappa shape index (κ2) is 6.89. The van der Waals surface area contributed by atoms with Crippen molar-refractivity contribution >= 4 is 0 Å². The van der Waals surface area contributed by atoms with E-state index >= 15 is 0 Å². The average molecular weight is 251 g/mol. The zero-order chi connectivity index (χ0) is 13.7. The van der Waals surface area contributed by atoms with Gasteiger partial charge in [0.15, 0.2) is 0 Å². The Hall–Kier alpha value is -0.890. The molecule has 0 aliphatic carbocycles. The molecule has 0 heterocycles. The summed E-state index contributed by atoms with van der Waals surface area (Å²) in [6.45, 7) is 11.6. The van der Waals surface area contributed by atoms with E-state index in [1.807, 2.05) is 12.1 Å². The summed E-state index contributed by atoms with van der Waals surface area (Å²) in [7, 11) is 0. The Kier molecular flexibility index (Phi) is 5.80. The van der Waals surface area contributed by atoms with Crippen molar-refractivity contribution in [2.75, 3.05) is 6.54 Å². The van der Waals surface area contributed by atoms with Gasteiger partial charge in [-0.2, -0.15) is 0 Å². The van der Waals surface area contributed by atoms with Crippen LogP contribution in [0.1, 0.15) is 51.3 Å². The largest absolute Gasteiger partial charge is 0.310 e. The molecule has 0 aliphatic heterocycles. The Morgan fingerprint density at radius 3 is 2.39 bits per heavy atom. The molecule has 2 atom stereocenters. The van der Waals surface area contributed by atoms with Crippen LogP contribution >= 0.6 is 0 Å². The standard InChI is InChI=1S/C16H26FN/c1-6-9-18-16(13(5)11(2)3)14-8-7-12(4)15(17)10-14/h7-8,10-11,13,16,18H,6,9H2,1-5H3. The molecule has 0 fully saturated rings. The molecule has 0 spiro atoms. The predicted molar refractivity (Wildman–Crippen MR) is 76.2 cm³/mol. The Morgan fingerprint density at radius 1 is 1.22 bits per heavy atom. The van der Waals surface area contributed by atoms with E-state index in [1.165, 1.54) is 0 Å². The Morgan fingerprint density at radius 2 is 1.89 bits per heavy atom. The highest BCUT2D eigenvalue weighted by Crippen LogP contribution is 2.28. The second-order valence-corrected chi connectivity index (χ2v) is 5.54. The van der Waals surface area contributed by atoms with Gasteiger partial charge < -0.3 is 5.32 Å². The maximum absolute atomic E-state index is 13.7. The Balaban J connectivity index is 2.97. The van der Waals surface area contributed by atoms with Crippen LogP contribution in [-0.4, -0.2) is 6.54 Å². The lowest BCUT2D eigenvalue weighted by Crippen LogP contribution is -2.30. The van der Waals surface area contributed by atoms with E-state index in [2.05, 4.69) is 33.0 Å². The topological polar surface area (TPSA) is 12.0 Å². The minimum absolute atomic E-state index is 0.105. The highest BCUT2D eigenvalue weighted by molar-refractivity contribution is 5.26. The number of nitrogens with one attached hydrogen (secondary N) is 1. The molecule has 102 valence electrons. The predicted octanol–water partition coefficient (Wildman–Crippen LogP) is 4.47. The van der Waals surface area contributed by atoms with E-state index in [0.717, 1.165) is 18.5 Å². The van der Waals surface area contributed by atoms with Crippen LogP contribution < -0.4 is 5.32 Å². The maximum atomic E-state index is 13.7. The van der Waals surface area contributed by atoms with Crippen LogP contribution in [0.15, 0.2) is 18.2 Å². The van der Waals surface area contributed by atoms with Crippen molar-refractivity contribution in [3.05, 3.63) is 35.1 Å². The summed E-state index contributed by atoms with van der Waals surface area (Å²) < 4.78 is 13.7. The molecular formula is C16H26FN. The van der Waals surface area contributed by atoms with Gasteiger partial charge in [-0.05, 0) is 48.9 Å².